The van der Waals surface area contributed by atoms with Crippen molar-refractivity contribution >= 4 is 121 Å². The van der Waals surface area contributed by atoms with Gasteiger partial charge in [0.05, 0.1) is 71.5 Å². The Morgan fingerprint density at radius 3 is 1.15 bits per heavy atom. The smallest absolute Gasteiger partial charge is 0.180 e. The van der Waals surface area contributed by atoms with Crippen LogP contribution in [0.2, 0.25) is 0 Å². The maximum absolute atomic E-state index is 4.58. The summed E-state index contributed by atoms with van der Waals surface area (Å²) in [6.45, 7) is 0. The number of aromatic nitrogens is 27. The van der Waals surface area contributed by atoms with Gasteiger partial charge in [0.25, 0.3) is 0 Å². The normalized spacial score (nSPS) is 8.76. The molecule has 0 amide bonds. The van der Waals surface area contributed by atoms with Crippen LogP contribution >= 0.6 is 68.2 Å². The molecule has 26 rings (SSSR count). The van der Waals surface area contributed by atoms with E-state index < -0.39 is 0 Å². The molecule has 660 valence electrons. The van der Waals surface area contributed by atoms with Crippen LogP contribution in [-0.2, 0) is 0 Å². The molecule has 26 aromatic rings. The molecule has 6 N–H and O–H groups in total. The first-order valence-electron chi connectivity index (χ1n) is 38.7. The average Bonchev–Trinajstić information content (AvgIpc) is 1.85. The predicted molar refractivity (Wildman–Crippen MR) is 527 cm³/mol. The van der Waals surface area contributed by atoms with E-state index in [4.69, 9.17) is 0 Å². The van der Waals surface area contributed by atoms with Gasteiger partial charge in [-0.3, -0.25) is 35.0 Å². The summed E-state index contributed by atoms with van der Waals surface area (Å²) in [5, 5.41) is 33.6. The largest absolute Gasteiger partial charge is 0.473 e. The molecule has 22 aromatic heterocycles. The number of fused-ring (bicyclic) bond motifs is 5. The predicted octanol–water partition coefficient (Wildman–Crippen LogP) is 23.6. The zero-order chi connectivity index (χ0) is 91.3. The number of aromatic amines is 6. The molecule has 0 radical (unpaired) electrons. The number of furan rings is 1. The highest BCUT2D eigenvalue weighted by molar-refractivity contribution is 7.25. The standard InChI is InChI=1S/C8H6N2.C8H7N.C8H6S.C7H6N2.C6H4S2.C5H5N.5C4H4N2.C4H5N.C4H4O.C4H4S.3C3H4N2.2C3H3NO.2C3H3NS/c1-2-4-8-7(3-1)9-5-6-10-8;2*1-2-4-8-7(3-1)5-6-9-8;1-2-4-7-6(3-1)8-5-9-7;1-3-7-6-2-4-8-5(1)6;1-2-4-6-5-3-1;1-2-6-4-3-5-1;3*1-2-5-4-6-3-1;1-2-4-6-5-3-1;3*1-2-4-5-3-1;2*1-2-5-3-4-1;1-2-4-5-3-1;1-2-5-3-4-1;1-2-4-5-3-1;1-2-5-3-4-1;1-2-4-5-3-1/h1-6H;1-6,9H;1-6H;1-5H,(H,8,9);1-4H;1-5H;5*1-4H;1-5H;2*1-4H;3*1-3H,(H,4,5);4*1-3H. The molecule has 0 aliphatic carbocycles. The van der Waals surface area contributed by atoms with E-state index in [1.807, 2.05) is 180 Å². The summed E-state index contributed by atoms with van der Waals surface area (Å²) in [7, 11) is 0. The number of hydrogen-bond donors (Lipinski definition) is 6. The number of nitrogens with zero attached hydrogens (tertiary/aromatic N) is 21. The first-order chi connectivity index (χ1) is 65.3. The third-order valence-corrected chi connectivity index (χ3v) is 18.0. The molecule has 131 heavy (non-hydrogen) atoms. The zero-order valence-electron chi connectivity index (χ0n) is 70.1. The van der Waals surface area contributed by atoms with Crippen LogP contribution in [0.5, 0.6) is 0 Å². The number of oxazole rings is 1. The third kappa shape index (κ3) is 58.7. The Balaban J connectivity index is 0.000000213. The molecule has 0 bridgehead atoms. The Bertz CT molecular complexity index is 4960. The first-order valence-corrected chi connectivity index (χ1v) is 44.1. The van der Waals surface area contributed by atoms with Gasteiger partial charge in [0.2, 0.25) is 0 Å². The Morgan fingerprint density at radius 1 is 0.260 bits per heavy atom. The fourth-order valence-electron chi connectivity index (χ4n) is 8.05. The van der Waals surface area contributed by atoms with Gasteiger partial charge in [-0.1, -0.05) is 84.0 Å². The Hall–Kier alpha value is -17.0. The van der Waals surface area contributed by atoms with Gasteiger partial charge in [-0.25, -0.2) is 54.2 Å². The molecule has 0 saturated heterocycles. The van der Waals surface area contributed by atoms with E-state index in [-0.39, 0.29) is 0 Å². The molecule has 0 aliphatic rings. The number of imidazole rings is 3. The number of para-hydroxylation sites is 5. The molecule has 0 atom stereocenters. The van der Waals surface area contributed by atoms with Crippen LogP contribution in [0.3, 0.4) is 0 Å². The highest BCUT2D eigenvalue weighted by Crippen LogP contribution is 2.25. The molecule has 4 aromatic carbocycles. The highest BCUT2D eigenvalue weighted by Gasteiger charge is 1.93. The van der Waals surface area contributed by atoms with Crippen molar-refractivity contribution in [2.75, 3.05) is 0 Å². The number of benzene rings is 4. The Labute approximate surface area is 779 Å². The molecule has 0 saturated carbocycles. The lowest BCUT2D eigenvalue weighted by Gasteiger charge is -1.90. The Morgan fingerprint density at radius 2 is 0.824 bits per heavy atom. The lowest BCUT2D eigenvalue weighted by Crippen LogP contribution is -1.78. The summed E-state index contributed by atoms with van der Waals surface area (Å²) in [6.07, 6.45) is 66.7. The van der Waals surface area contributed by atoms with Gasteiger partial charge < -0.3 is 38.3 Å². The van der Waals surface area contributed by atoms with Crippen LogP contribution in [0.1, 0.15) is 0 Å². The van der Waals surface area contributed by atoms with E-state index in [2.05, 4.69) is 225 Å². The summed E-state index contributed by atoms with van der Waals surface area (Å²) in [6, 6.07) is 72.6. The van der Waals surface area contributed by atoms with E-state index in [0.29, 0.717) is 0 Å². The molecule has 22 heterocycles. The summed E-state index contributed by atoms with van der Waals surface area (Å²) < 4.78 is 21.3. The van der Waals surface area contributed by atoms with Crippen LogP contribution in [0.25, 0.3) is 52.5 Å². The van der Waals surface area contributed by atoms with Crippen molar-refractivity contribution in [1.29, 1.82) is 0 Å². The van der Waals surface area contributed by atoms with Gasteiger partial charge in [0.1, 0.15) is 31.5 Å². The van der Waals surface area contributed by atoms with E-state index >= 15 is 0 Å². The van der Waals surface area contributed by atoms with Crippen LogP contribution in [0.4, 0.5) is 0 Å². The van der Waals surface area contributed by atoms with Crippen molar-refractivity contribution in [1.82, 2.24) is 135 Å². The van der Waals surface area contributed by atoms with E-state index in [1.165, 1.54) is 79.8 Å². The molecular formula is C95H91N27O3S6. The minimum atomic E-state index is 0.949. The van der Waals surface area contributed by atoms with Gasteiger partial charge in [0.15, 0.2) is 6.39 Å². The highest BCUT2D eigenvalue weighted by atomic mass is 32.1. The van der Waals surface area contributed by atoms with Crippen molar-refractivity contribution in [2.45, 2.75) is 0 Å². The average molecular weight is 1850 g/mol. The summed E-state index contributed by atoms with van der Waals surface area (Å²) in [5.74, 6) is 0. The van der Waals surface area contributed by atoms with Crippen LogP contribution in [0, 0.1) is 0 Å². The number of hydrogen-bond acceptors (Lipinski definition) is 30. The zero-order valence-corrected chi connectivity index (χ0v) is 75.0. The first kappa shape index (κ1) is 103. The van der Waals surface area contributed by atoms with Crippen LogP contribution in [-0.4, -0.2) is 135 Å². The molecule has 0 fully saturated rings. The van der Waals surface area contributed by atoms with Crippen LogP contribution in [0.15, 0.2) is 530 Å². The van der Waals surface area contributed by atoms with Crippen molar-refractivity contribution in [3.8, 4) is 0 Å². The topological polar surface area (TPSA) is 405 Å². The van der Waals surface area contributed by atoms with Crippen molar-refractivity contribution < 1.29 is 13.4 Å². The van der Waals surface area contributed by atoms with E-state index in [1.54, 1.807) is 279 Å². The number of thiophene rings is 4. The van der Waals surface area contributed by atoms with Gasteiger partial charge in [-0.05, 0) is 195 Å². The van der Waals surface area contributed by atoms with Crippen molar-refractivity contribution in [2.24, 2.45) is 0 Å². The third-order valence-electron chi connectivity index (χ3n) is 13.5. The number of pyridine rings is 1. The van der Waals surface area contributed by atoms with E-state index in [0.717, 1.165) is 22.1 Å². The van der Waals surface area contributed by atoms with Gasteiger partial charge in [-0.15, -0.1) is 45.3 Å². The maximum atomic E-state index is 4.58. The number of H-pyrrole nitrogens is 6. The summed E-state index contributed by atoms with van der Waals surface area (Å²) >= 11 is 10.2. The monoisotopic (exact) mass is 1850 g/mol. The van der Waals surface area contributed by atoms with Gasteiger partial charge in [0, 0.05) is 198 Å². The summed E-state index contributed by atoms with van der Waals surface area (Å²) in [5.41, 5.74) is 7.02. The van der Waals surface area contributed by atoms with Gasteiger partial charge >= 0.3 is 0 Å². The lowest BCUT2D eigenvalue weighted by atomic mass is 10.3. The van der Waals surface area contributed by atoms with Crippen molar-refractivity contribution in [3.63, 3.8) is 0 Å². The Kier molecular flexibility index (Phi) is 61.9. The van der Waals surface area contributed by atoms with E-state index in [9.17, 15) is 0 Å². The number of thiazole rings is 1. The quantitative estimate of drug-likeness (QED) is 0.0821. The molecule has 30 nitrogen and oxygen atoms in total. The minimum absolute atomic E-state index is 0.949. The minimum Gasteiger partial charge on any atom is -0.473 e. The second kappa shape index (κ2) is 78.9. The molecular weight excluding hydrogens is 1760 g/mol. The fourth-order valence-corrected chi connectivity index (χ4v) is 11.8. The number of rotatable bonds is 0. The van der Waals surface area contributed by atoms with Gasteiger partial charge in [-0.2, -0.15) is 26.6 Å². The number of nitrogens with one attached hydrogen (secondary N) is 6. The molecule has 0 spiro atoms. The van der Waals surface area contributed by atoms with Crippen LogP contribution < -0.4 is 0 Å². The SMILES string of the molecule is c1c[nH]cn1.c1c[nH]cn1.c1cc2sccc2s1.c1cc[nH]c1.c1ccc2[nH]ccc2c1.c1ccc2[nH]cnc2c1.c1ccc2nccnc2c1.c1ccc2sccc2c1.c1ccncc1.c1ccnnc1.c1ccoc1.c1ccsc1.c1cn[nH]c1.c1cnccn1.c1cncnc1.c1cncnc1.c1cncnc1.c1cnoc1.c1cnsc1.c1cocn1.c1cscn1. The lowest BCUT2D eigenvalue weighted by molar-refractivity contribution is 0.420. The second-order valence-corrected chi connectivity index (χ2v) is 27.7. The van der Waals surface area contributed by atoms with Crippen molar-refractivity contribution in [3.05, 3.63) is 517 Å². The molecule has 0 aliphatic heterocycles. The second-order valence-electron chi connectivity index (χ2n) is 22.6. The summed E-state index contributed by atoms with van der Waals surface area (Å²) in [4.78, 5) is 74.7. The maximum Gasteiger partial charge on any atom is 0.180 e. The fraction of sp³-hybridized carbons (Fsp3) is 0. The molecule has 0 unspecified atom stereocenters. The molecule has 36 heteroatoms.